The molecule has 11 nitrogen and oxygen atoms in total. The minimum absolute atomic E-state index is 0.119. The Morgan fingerprint density at radius 2 is 1.85 bits per heavy atom. The number of rotatable bonds is 10. The SMILES string of the molecule is CC(C)OP(=O)(CO[C@H](Cn1cnc2c(N)ncnc21)C(=O)O)OC(C)C. The number of nitrogen functional groups attached to an aromatic ring is 1. The number of hydrogen-bond acceptors (Lipinski definition) is 9. The molecule has 0 aromatic carbocycles. The Kier molecular flexibility index (Phi) is 6.88. The van der Waals surface area contributed by atoms with Gasteiger partial charge >= 0.3 is 13.6 Å². The molecule has 2 aromatic rings. The van der Waals surface area contributed by atoms with Gasteiger partial charge in [0.15, 0.2) is 17.6 Å². The van der Waals surface area contributed by atoms with E-state index in [-0.39, 0.29) is 24.6 Å². The molecule has 0 spiro atoms. The van der Waals surface area contributed by atoms with Gasteiger partial charge in [-0.2, -0.15) is 0 Å². The molecule has 0 saturated carbocycles. The summed E-state index contributed by atoms with van der Waals surface area (Å²) in [5.41, 5.74) is 6.46. The van der Waals surface area contributed by atoms with E-state index >= 15 is 0 Å². The highest BCUT2D eigenvalue weighted by Crippen LogP contribution is 2.50. The van der Waals surface area contributed by atoms with Gasteiger partial charge in [-0.1, -0.05) is 0 Å². The van der Waals surface area contributed by atoms with Crippen LogP contribution in [0.3, 0.4) is 0 Å². The lowest BCUT2D eigenvalue weighted by Gasteiger charge is -2.24. The van der Waals surface area contributed by atoms with Crippen molar-refractivity contribution in [3.05, 3.63) is 12.7 Å². The maximum atomic E-state index is 12.8. The van der Waals surface area contributed by atoms with Crippen LogP contribution in [0.4, 0.5) is 5.82 Å². The molecule has 0 bridgehead atoms. The molecule has 27 heavy (non-hydrogen) atoms. The van der Waals surface area contributed by atoms with Crippen LogP contribution in [0.5, 0.6) is 0 Å². The van der Waals surface area contributed by atoms with Crippen molar-refractivity contribution in [1.29, 1.82) is 0 Å². The van der Waals surface area contributed by atoms with Crippen LogP contribution in [-0.2, 0) is 29.7 Å². The fourth-order valence-corrected chi connectivity index (χ4v) is 4.14. The van der Waals surface area contributed by atoms with Gasteiger partial charge in [-0.15, -0.1) is 0 Å². The average Bonchev–Trinajstić information content (AvgIpc) is 2.94. The number of carbonyl (C=O) groups is 1. The van der Waals surface area contributed by atoms with E-state index in [9.17, 15) is 14.5 Å². The van der Waals surface area contributed by atoms with Crippen LogP contribution < -0.4 is 5.73 Å². The highest BCUT2D eigenvalue weighted by Gasteiger charge is 2.31. The molecule has 150 valence electrons. The fourth-order valence-electron chi connectivity index (χ4n) is 2.32. The van der Waals surface area contributed by atoms with E-state index in [1.165, 1.54) is 17.2 Å². The van der Waals surface area contributed by atoms with E-state index in [1.807, 2.05) is 0 Å². The maximum Gasteiger partial charge on any atom is 0.356 e. The molecular formula is C15H24N5O6P. The Hall–Kier alpha value is -2.07. The van der Waals surface area contributed by atoms with E-state index in [4.69, 9.17) is 19.5 Å². The summed E-state index contributed by atoms with van der Waals surface area (Å²) >= 11 is 0. The van der Waals surface area contributed by atoms with E-state index in [2.05, 4.69) is 15.0 Å². The van der Waals surface area contributed by atoms with Gasteiger partial charge in [-0.05, 0) is 27.7 Å². The largest absolute Gasteiger partial charge is 0.479 e. The summed E-state index contributed by atoms with van der Waals surface area (Å²) in [7, 11) is -3.63. The van der Waals surface area contributed by atoms with Crippen molar-refractivity contribution in [1.82, 2.24) is 19.5 Å². The molecule has 12 heteroatoms. The molecule has 0 aliphatic rings. The Morgan fingerprint density at radius 1 is 1.22 bits per heavy atom. The van der Waals surface area contributed by atoms with Crippen molar-refractivity contribution < 1.29 is 28.3 Å². The number of anilines is 1. The number of carboxylic acids is 1. The van der Waals surface area contributed by atoms with Gasteiger partial charge < -0.3 is 29.2 Å². The second kappa shape index (κ2) is 8.75. The van der Waals surface area contributed by atoms with E-state index in [1.54, 1.807) is 27.7 Å². The number of aliphatic carboxylic acids is 1. The molecule has 0 radical (unpaired) electrons. The van der Waals surface area contributed by atoms with E-state index in [0.717, 1.165) is 0 Å². The van der Waals surface area contributed by atoms with Gasteiger partial charge in [0.1, 0.15) is 18.2 Å². The number of ether oxygens (including phenoxy) is 1. The van der Waals surface area contributed by atoms with Crippen molar-refractivity contribution in [2.75, 3.05) is 12.1 Å². The molecular weight excluding hydrogens is 377 g/mol. The number of nitrogens with zero attached hydrogens (tertiary/aromatic N) is 4. The van der Waals surface area contributed by atoms with E-state index < -0.39 is 26.0 Å². The first-order valence-electron chi connectivity index (χ1n) is 8.33. The third-order valence-electron chi connectivity index (χ3n) is 3.24. The zero-order chi connectivity index (χ0) is 20.2. The first kappa shape index (κ1) is 21.2. The number of imidazole rings is 1. The smallest absolute Gasteiger partial charge is 0.356 e. The molecule has 2 aromatic heterocycles. The standard InChI is InChI=1S/C15H24N5O6P/c1-9(2)25-27(23,26-10(3)4)8-24-11(15(21)22)5-20-7-19-12-13(16)17-6-18-14(12)20/h6-7,9-11H,5,8H2,1-4H3,(H,21,22)(H2,16,17,18)/t11-/m1/s1. The Morgan fingerprint density at radius 3 is 2.41 bits per heavy atom. The van der Waals surface area contributed by atoms with Gasteiger partial charge in [0.2, 0.25) is 0 Å². The molecule has 0 amide bonds. The van der Waals surface area contributed by atoms with Gasteiger partial charge in [-0.3, -0.25) is 4.57 Å². The number of nitrogens with two attached hydrogens (primary N) is 1. The number of fused-ring (bicyclic) bond motifs is 1. The predicted molar refractivity (Wildman–Crippen MR) is 97.2 cm³/mol. The third kappa shape index (κ3) is 5.70. The number of carboxylic acid groups (broad SMARTS) is 1. The Balaban J connectivity index is 2.16. The first-order valence-corrected chi connectivity index (χ1v) is 10.1. The molecule has 0 aliphatic heterocycles. The molecule has 1 atom stereocenters. The summed E-state index contributed by atoms with van der Waals surface area (Å²) in [5, 5.41) is 9.47. The van der Waals surface area contributed by atoms with Crippen molar-refractivity contribution in [3.8, 4) is 0 Å². The quantitative estimate of drug-likeness (QED) is 0.564. The third-order valence-corrected chi connectivity index (χ3v) is 5.20. The molecule has 0 unspecified atom stereocenters. The highest BCUT2D eigenvalue weighted by molar-refractivity contribution is 7.53. The second-order valence-electron chi connectivity index (χ2n) is 6.37. The van der Waals surface area contributed by atoms with Crippen LogP contribution in [0, 0.1) is 0 Å². The molecule has 2 heterocycles. The summed E-state index contributed by atoms with van der Waals surface area (Å²) in [6.07, 6.45) is 0.0811. The van der Waals surface area contributed by atoms with Gasteiger partial charge in [0.25, 0.3) is 0 Å². The van der Waals surface area contributed by atoms with Crippen LogP contribution >= 0.6 is 7.60 Å². The molecule has 0 saturated heterocycles. The normalized spacial score (nSPS) is 13.6. The summed E-state index contributed by atoms with van der Waals surface area (Å²) in [4.78, 5) is 23.6. The lowest BCUT2D eigenvalue weighted by Crippen LogP contribution is -2.30. The van der Waals surface area contributed by atoms with Crippen LogP contribution in [0.15, 0.2) is 12.7 Å². The van der Waals surface area contributed by atoms with Crippen molar-refractivity contribution in [2.24, 2.45) is 0 Å². The molecule has 3 N–H and O–H groups in total. The Labute approximate surface area is 156 Å². The van der Waals surface area contributed by atoms with Crippen LogP contribution in [0.25, 0.3) is 11.2 Å². The minimum atomic E-state index is -3.63. The summed E-state index contributed by atoms with van der Waals surface area (Å²) in [5.74, 6) is -1.05. The van der Waals surface area contributed by atoms with Crippen molar-refractivity contribution in [2.45, 2.75) is 52.6 Å². The predicted octanol–water partition coefficient (Wildman–Crippen LogP) is 1.88. The maximum absolute atomic E-state index is 12.8. The summed E-state index contributed by atoms with van der Waals surface area (Å²) in [6.45, 7) is 6.69. The molecule has 2 rings (SSSR count). The number of aromatic nitrogens is 4. The summed E-state index contributed by atoms with van der Waals surface area (Å²) in [6, 6.07) is 0. The van der Waals surface area contributed by atoms with Crippen LogP contribution in [0.1, 0.15) is 27.7 Å². The average molecular weight is 401 g/mol. The van der Waals surface area contributed by atoms with Gasteiger partial charge in [-0.25, -0.2) is 19.7 Å². The molecule has 0 aliphatic carbocycles. The highest BCUT2D eigenvalue weighted by atomic mass is 31.2. The monoisotopic (exact) mass is 401 g/mol. The Bertz CT molecular complexity index is 825. The topological polar surface area (TPSA) is 152 Å². The first-order chi connectivity index (χ1) is 12.6. The zero-order valence-corrected chi connectivity index (χ0v) is 16.5. The van der Waals surface area contributed by atoms with Gasteiger partial charge in [0, 0.05) is 0 Å². The van der Waals surface area contributed by atoms with Crippen molar-refractivity contribution in [3.63, 3.8) is 0 Å². The van der Waals surface area contributed by atoms with Crippen molar-refractivity contribution >= 4 is 30.5 Å². The van der Waals surface area contributed by atoms with E-state index in [0.29, 0.717) is 11.2 Å². The fraction of sp³-hybridized carbons (Fsp3) is 0.600. The second-order valence-corrected chi connectivity index (χ2v) is 8.27. The van der Waals surface area contributed by atoms with Crippen LogP contribution in [-0.4, -0.2) is 55.3 Å². The number of hydrogen-bond donors (Lipinski definition) is 2. The minimum Gasteiger partial charge on any atom is -0.479 e. The van der Waals surface area contributed by atoms with Crippen LogP contribution in [0.2, 0.25) is 0 Å². The summed E-state index contributed by atoms with van der Waals surface area (Å²) < 4.78 is 30.4. The molecule has 0 fully saturated rings. The lowest BCUT2D eigenvalue weighted by atomic mass is 10.3. The zero-order valence-electron chi connectivity index (χ0n) is 15.6. The van der Waals surface area contributed by atoms with Gasteiger partial charge in [0.05, 0.1) is 25.1 Å². The lowest BCUT2D eigenvalue weighted by molar-refractivity contribution is -0.150.